The van der Waals surface area contributed by atoms with Crippen LogP contribution in [-0.2, 0) is 9.53 Å². The fourth-order valence-corrected chi connectivity index (χ4v) is 3.86. The molecule has 2 aliphatic heterocycles. The Hall–Kier alpha value is -0.320. The van der Waals surface area contributed by atoms with Crippen LogP contribution in [0.25, 0.3) is 0 Å². The Morgan fingerprint density at radius 2 is 1.90 bits per heavy atom. The van der Waals surface area contributed by atoms with Gasteiger partial charge >= 0.3 is 0 Å². The highest BCUT2D eigenvalue weighted by molar-refractivity contribution is 5.85. The third kappa shape index (κ3) is 3.66. The van der Waals surface area contributed by atoms with Crippen molar-refractivity contribution in [3.63, 3.8) is 0 Å². The number of piperidine rings is 1. The monoisotopic (exact) mass is 302 g/mol. The second kappa shape index (κ2) is 7.62. The molecule has 0 aromatic carbocycles. The van der Waals surface area contributed by atoms with Gasteiger partial charge in [0.25, 0.3) is 0 Å². The molecule has 0 spiro atoms. The Morgan fingerprint density at radius 1 is 1.15 bits per heavy atom. The number of amides is 1. The summed E-state index contributed by atoms with van der Waals surface area (Å²) in [6.07, 6.45) is 8.18. The van der Waals surface area contributed by atoms with Crippen molar-refractivity contribution < 1.29 is 9.53 Å². The van der Waals surface area contributed by atoms with E-state index in [9.17, 15) is 4.79 Å². The Balaban J connectivity index is 0.00000147. The Kier molecular flexibility index (Phi) is 6.12. The smallest absolute Gasteiger partial charge is 0.223 e. The zero-order valence-electron chi connectivity index (χ0n) is 12.2. The minimum absolute atomic E-state index is 0. The molecule has 0 aromatic heterocycles. The van der Waals surface area contributed by atoms with E-state index in [1.807, 2.05) is 0 Å². The number of ether oxygens (including phenoxy) is 1. The van der Waals surface area contributed by atoms with Crippen molar-refractivity contribution in [2.45, 2.75) is 57.1 Å². The van der Waals surface area contributed by atoms with Crippen molar-refractivity contribution in [2.75, 3.05) is 26.2 Å². The van der Waals surface area contributed by atoms with Gasteiger partial charge in [-0.15, -0.1) is 12.4 Å². The van der Waals surface area contributed by atoms with Crippen molar-refractivity contribution in [3.05, 3.63) is 0 Å². The van der Waals surface area contributed by atoms with Gasteiger partial charge in [0.05, 0.1) is 18.8 Å². The molecule has 1 N–H and O–H groups in total. The molecule has 0 radical (unpaired) electrons. The van der Waals surface area contributed by atoms with Crippen LogP contribution in [0.1, 0.15) is 44.9 Å². The van der Waals surface area contributed by atoms with E-state index in [1.165, 1.54) is 12.8 Å². The third-order valence-corrected chi connectivity index (χ3v) is 4.97. The summed E-state index contributed by atoms with van der Waals surface area (Å²) >= 11 is 0. The highest BCUT2D eigenvalue weighted by atomic mass is 35.5. The standard InChI is InChI=1S/C15H26N2O2.ClH/c18-15(11-12-5-7-16-8-6-12)17-9-10-19-14-4-2-1-3-13(14)17;/h12-14,16H,1-11H2;1H. The quantitative estimate of drug-likeness (QED) is 0.848. The van der Waals surface area contributed by atoms with Crippen molar-refractivity contribution in [1.82, 2.24) is 10.2 Å². The van der Waals surface area contributed by atoms with Gasteiger partial charge in [-0.2, -0.15) is 0 Å². The largest absolute Gasteiger partial charge is 0.374 e. The summed E-state index contributed by atoms with van der Waals surface area (Å²) < 4.78 is 5.85. The van der Waals surface area contributed by atoms with Gasteiger partial charge in [0.1, 0.15) is 0 Å². The molecule has 1 amide bonds. The molecule has 2 heterocycles. The van der Waals surface area contributed by atoms with Gasteiger partial charge < -0.3 is 15.0 Å². The first-order valence-corrected chi connectivity index (χ1v) is 7.96. The average molecular weight is 303 g/mol. The van der Waals surface area contributed by atoms with Gasteiger partial charge in [0.2, 0.25) is 5.91 Å². The number of rotatable bonds is 2. The molecule has 20 heavy (non-hydrogen) atoms. The SMILES string of the molecule is Cl.O=C(CC1CCNCC1)N1CCOC2CCCCC21. The summed E-state index contributed by atoms with van der Waals surface area (Å²) in [7, 11) is 0. The first-order chi connectivity index (χ1) is 9.34. The van der Waals surface area contributed by atoms with Gasteiger partial charge in [-0.3, -0.25) is 4.79 Å². The molecular formula is C15H27ClN2O2. The first-order valence-electron chi connectivity index (χ1n) is 7.96. The molecule has 0 bridgehead atoms. The van der Waals surface area contributed by atoms with Crippen LogP contribution in [0.15, 0.2) is 0 Å². The lowest BCUT2D eigenvalue weighted by molar-refractivity contribution is -0.150. The number of fused-ring (bicyclic) bond motifs is 1. The number of carbonyl (C=O) groups excluding carboxylic acids is 1. The Morgan fingerprint density at radius 3 is 2.70 bits per heavy atom. The lowest BCUT2D eigenvalue weighted by atomic mass is 9.88. The van der Waals surface area contributed by atoms with Crippen LogP contribution < -0.4 is 5.32 Å². The predicted octanol–water partition coefficient (Wildman–Crippen LogP) is 1.97. The van der Waals surface area contributed by atoms with Gasteiger partial charge in [0, 0.05) is 13.0 Å². The number of nitrogens with one attached hydrogen (secondary N) is 1. The van der Waals surface area contributed by atoms with Crippen molar-refractivity contribution >= 4 is 18.3 Å². The zero-order chi connectivity index (χ0) is 13.1. The van der Waals surface area contributed by atoms with E-state index < -0.39 is 0 Å². The van der Waals surface area contributed by atoms with Crippen LogP contribution in [0.2, 0.25) is 0 Å². The van der Waals surface area contributed by atoms with Crippen molar-refractivity contribution in [3.8, 4) is 0 Å². The van der Waals surface area contributed by atoms with E-state index in [0.29, 0.717) is 24.0 Å². The number of nitrogens with zero attached hydrogens (tertiary/aromatic N) is 1. The number of halogens is 1. The fourth-order valence-electron chi connectivity index (χ4n) is 3.86. The van der Waals surface area contributed by atoms with E-state index in [1.54, 1.807) is 0 Å². The summed E-state index contributed by atoms with van der Waals surface area (Å²) in [5.41, 5.74) is 0. The maximum Gasteiger partial charge on any atom is 0.223 e. The van der Waals surface area contributed by atoms with E-state index in [-0.39, 0.29) is 12.4 Å². The van der Waals surface area contributed by atoms with E-state index in [4.69, 9.17) is 4.74 Å². The lowest BCUT2D eigenvalue weighted by Gasteiger charge is -2.44. The van der Waals surface area contributed by atoms with Gasteiger partial charge in [-0.25, -0.2) is 0 Å². The van der Waals surface area contributed by atoms with Crippen molar-refractivity contribution in [1.29, 1.82) is 0 Å². The molecule has 1 aliphatic carbocycles. The van der Waals surface area contributed by atoms with E-state index >= 15 is 0 Å². The molecule has 3 fully saturated rings. The van der Waals surface area contributed by atoms with Crippen LogP contribution in [0.4, 0.5) is 0 Å². The zero-order valence-corrected chi connectivity index (χ0v) is 13.0. The molecule has 0 aromatic rings. The van der Waals surface area contributed by atoms with Crippen LogP contribution in [-0.4, -0.2) is 49.2 Å². The number of hydrogen-bond donors (Lipinski definition) is 1. The first kappa shape index (κ1) is 16.1. The topological polar surface area (TPSA) is 41.6 Å². The molecule has 116 valence electrons. The van der Waals surface area contributed by atoms with Crippen LogP contribution in [0.3, 0.4) is 0 Å². The Bertz CT molecular complexity index is 319. The van der Waals surface area contributed by atoms with Gasteiger partial charge in [-0.1, -0.05) is 12.8 Å². The minimum atomic E-state index is 0. The highest BCUT2D eigenvalue weighted by Gasteiger charge is 2.37. The fraction of sp³-hybridized carbons (Fsp3) is 0.933. The van der Waals surface area contributed by atoms with E-state index in [2.05, 4.69) is 10.2 Å². The second-order valence-electron chi connectivity index (χ2n) is 6.25. The minimum Gasteiger partial charge on any atom is -0.374 e. The summed E-state index contributed by atoms with van der Waals surface area (Å²) in [5.74, 6) is 0.978. The van der Waals surface area contributed by atoms with Crippen molar-refractivity contribution in [2.24, 2.45) is 5.92 Å². The highest BCUT2D eigenvalue weighted by Crippen LogP contribution is 2.29. The summed E-state index contributed by atoms with van der Waals surface area (Å²) in [6, 6.07) is 0.372. The van der Waals surface area contributed by atoms with E-state index in [0.717, 1.165) is 58.3 Å². The second-order valence-corrected chi connectivity index (χ2v) is 6.25. The van der Waals surface area contributed by atoms with Gasteiger partial charge in [-0.05, 0) is 44.7 Å². The third-order valence-electron chi connectivity index (χ3n) is 4.97. The molecule has 3 aliphatic rings. The molecule has 5 heteroatoms. The maximum atomic E-state index is 12.6. The lowest BCUT2D eigenvalue weighted by Crippen LogP contribution is -2.55. The molecular weight excluding hydrogens is 276 g/mol. The Labute approximate surface area is 128 Å². The molecule has 2 unspecified atom stereocenters. The van der Waals surface area contributed by atoms with Crippen LogP contribution in [0, 0.1) is 5.92 Å². The van der Waals surface area contributed by atoms with Gasteiger partial charge in [0.15, 0.2) is 0 Å². The predicted molar refractivity (Wildman–Crippen MR) is 81.2 cm³/mol. The number of hydrogen-bond acceptors (Lipinski definition) is 3. The molecule has 2 saturated heterocycles. The molecule has 3 rings (SSSR count). The molecule has 2 atom stereocenters. The number of morpholine rings is 1. The van der Waals surface area contributed by atoms with Crippen LogP contribution >= 0.6 is 12.4 Å². The maximum absolute atomic E-state index is 12.6. The van der Waals surface area contributed by atoms with Crippen LogP contribution in [0.5, 0.6) is 0 Å². The normalized spacial score (nSPS) is 31.3. The average Bonchev–Trinajstić information content (AvgIpc) is 2.47. The molecule has 4 nitrogen and oxygen atoms in total. The molecule has 1 saturated carbocycles. The summed E-state index contributed by atoms with van der Waals surface area (Å²) in [6.45, 7) is 3.70. The summed E-state index contributed by atoms with van der Waals surface area (Å²) in [4.78, 5) is 14.7. The number of carbonyl (C=O) groups is 1. The summed E-state index contributed by atoms with van der Waals surface area (Å²) in [5, 5.41) is 3.37.